The van der Waals surface area contributed by atoms with Crippen LogP contribution in [0.4, 0.5) is 8.78 Å². The van der Waals surface area contributed by atoms with Crippen LogP contribution in [0.15, 0.2) is 12.4 Å². The van der Waals surface area contributed by atoms with E-state index in [0.717, 1.165) is 5.56 Å². The quantitative estimate of drug-likeness (QED) is 0.723. The summed E-state index contributed by atoms with van der Waals surface area (Å²) in [6.45, 7) is 2.32. The van der Waals surface area contributed by atoms with Crippen molar-refractivity contribution in [1.82, 2.24) is 15.1 Å². The predicted molar refractivity (Wildman–Crippen MR) is 56.4 cm³/mol. The molecule has 0 aliphatic carbocycles. The summed E-state index contributed by atoms with van der Waals surface area (Å²) in [6.07, 6.45) is 1.30. The van der Waals surface area contributed by atoms with Crippen LogP contribution in [0.3, 0.4) is 0 Å². The average molecular weight is 233 g/mol. The van der Waals surface area contributed by atoms with E-state index in [1.165, 1.54) is 0 Å². The molecule has 0 aliphatic heterocycles. The van der Waals surface area contributed by atoms with Crippen molar-refractivity contribution >= 4 is 0 Å². The van der Waals surface area contributed by atoms with Crippen molar-refractivity contribution in [1.29, 1.82) is 0 Å². The zero-order valence-electron chi connectivity index (χ0n) is 9.49. The Morgan fingerprint density at radius 2 is 2.31 bits per heavy atom. The zero-order chi connectivity index (χ0) is 12.0. The van der Waals surface area contributed by atoms with E-state index in [9.17, 15) is 8.78 Å². The van der Waals surface area contributed by atoms with Crippen LogP contribution in [0.1, 0.15) is 18.5 Å². The van der Waals surface area contributed by atoms with Crippen molar-refractivity contribution in [3.05, 3.63) is 18.0 Å². The summed E-state index contributed by atoms with van der Waals surface area (Å²) in [4.78, 5) is 0. The maximum atomic E-state index is 11.7. The summed E-state index contributed by atoms with van der Waals surface area (Å²) in [6, 6.07) is 0.142. The fraction of sp³-hybridized carbons (Fsp3) is 0.700. The molecule has 0 saturated carbocycles. The Kier molecular flexibility index (Phi) is 5.34. The van der Waals surface area contributed by atoms with Crippen LogP contribution in [0.2, 0.25) is 0 Å². The predicted octanol–water partition coefficient (Wildman–Crippen LogP) is 1.35. The first-order valence-electron chi connectivity index (χ1n) is 5.17. The van der Waals surface area contributed by atoms with E-state index in [1.54, 1.807) is 10.9 Å². The molecular formula is C10H17F2N3O. The minimum Gasteiger partial charge on any atom is -0.374 e. The average Bonchev–Trinajstić information content (AvgIpc) is 2.63. The van der Waals surface area contributed by atoms with E-state index in [0.29, 0.717) is 6.54 Å². The third-order valence-corrected chi connectivity index (χ3v) is 2.17. The number of aryl methyl sites for hydroxylation is 1. The lowest BCUT2D eigenvalue weighted by molar-refractivity contribution is 0.0183. The van der Waals surface area contributed by atoms with Crippen LogP contribution in [-0.4, -0.2) is 36.0 Å². The number of hydrogen-bond acceptors (Lipinski definition) is 3. The van der Waals surface area contributed by atoms with Gasteiger partial charge in [-0.1, -0.05) is 0 Å². The van der Waals surface area contributed by atoms with E-state index in [-0.39, 0.29) is 12.6 Å². The van der Waals surface area contributed by atoms with Gasteiger partial charge < -0.3 is 10.1 Å². The van der Waals surface area contributed by atoms with E-state index < -0.39 is 13.0 Å². The molecule has 1 aromatic heterocycles. The van der Waals surface area contributed by atoms with E-state index >= 15 is 0 Å². The molecule has 0 fully saturated rings. The summed E-state index contributed by atoms with van der Waals surface area (Å²) >= 11 is 0. The molecular weight excluding hydrogens is 216 g/mol. The number of rotatable bonds is 7. The van der Waals surface area contributed by atoms with Crippen molar-refractivity contribution in [2.45, 2.75) is 19.4 Å². The molecule has 1 rings (SSSR count). The molecule has 0 aliphatic rings. The van der Waals surface area contributed by atoms with E-state index in [2.05, 4.69) is 10.4 Å². The number of alkyl halides is 2. The van der Waals surface area contributed by atoms with Gasteiger partial charge in [-0.25, -0.2) is 8.78 Å². The Labute approximate surface area is 93.6 Å². The third kappa shape index (κ3) is 4.67. The molecule has 0 spiro atoms. The van der Waals surface area contributed by atoms with Gasteiger partial charge in [0.1, 0.15) is 6.61 Å². The Morgan fingerprint density at radius 3 is 2.88 bits per heavy atom. The standard InChI is InChI=1S/C10H17F2N3O/c1-8(9-5-14-15(2)6-9)13-3-4-16-7-10(11)12/h5-6,8,10,13H,3-4,7H2,1-2H3. The zero-order valence-corrected chi connectivity index (χ0v) is 9.49. The van der Waals surface area contributed by atoms with Crippen LogP contribution in [-0.2, 0) is 11.8 Å². The maximum absolute atomic E-state index is 11.7. The highest BCUT2D eigenvalue weighted by Crippen LogP contribution is 2.09. The highest BCUT2D eigenvalue weighted by atomic mass is 19.3. The van der Waals surface area contributed by atoms with Gasteiger partial charge in [0.05, 0.1) is 12.8 Å². The van der Waals surface area contributed by atoms with Gasteiger partial charge in [-0.2, -0.15) is 5.10 Å². The van der Waals surface area contributed by atoms with E-state index in [1.807, 2.05) is 20.2 Å². The number of hydrogen-bond donors (Lipinski definition) is 1. The second-order valence-corrected chi connectivity index (χ2v) is 3.59. The van der Waals surface area contributed by atoms with Crippen LogP contribution >= 0.6 is 0 Å². The van der Waals surface area contributed by atoms with E-state index in [4.69, 9.17) is 4.74 Å². The fourth-order valence-electron chi connectivity index (χ4n) is 1.30. The van der Waals surface area contributed by atoms with Gasteiger partial charge in [-0.3, -0.25) is 4.68 Å². The first-order chi connectivity index (χ1) is 7.59. The second kappa shape index (κ2) is 6.55. The number of nitrogens with one attached hydrogen (secondary N) is 1. The minimum atomic E-state index is -2.39. The molecule has 1 aromatic rings. The van der Waals surface area contributed by atoms with Gasteiger partial charge in [0.15, 0.2) is 0 Å². The van der Waals surface area contributed by atoms with Crippen molar-refractivity contribution in [3.8, 4) is 0 Å². The van der Waals surface area contributed by atoms with Crippen LogP contribution < -0.4 is 5.32 Å². The van der Waals surface area contributed by atoms with Gasteiger partial charge in [0.2, 0.25) is 0 Å². The molecule has 6 heteroatoms. The van der Waals surface area contributed by atoms with Gasteiger partial charge in [-0.05, 0) is 6.92 Å². The summed E-state index contributed by atoms with van der Waals surface area (Å²) < 4.78 is 29.9. The van der Waals surface area contributed by atoms with Gasteiger partial charge >= 0.3 is 0 Å². The molecule has 0 radical (unpaired) electrons. The molecule has 16 heavy (non-hydrogen) atoms. The highest BCUT2D eigenvalue weighted by molar-refractivity contribution is 5.08. The lowest BCUT2D eigenvalue weighted by Crippen LogP contribution is -2.23. The summed E-state index contributed by atoms with van der Waals surface area (Å²) in [7, 11) is 1.85. The monoisotopic (exact) mass is 233 g/mol. The second-order valence-electron chi connectivity index (χ2n) is 3.59. The number of aromatic nitrogens is 2. The van der Waals surface area contributed by atoms with Crippen LogP contribution in [0, 0.1) is 0 Å². The summed E-state index contributed by atoms with van der Waals surface area (Å²) in [5.41, 5.74) is 1.07. The molecule has 92 valence electrons. The Morgan fingerprint density at radius 1 is 1.56 bits per heavy atom. The molecule has 1 N–H and O–H groups in total. The molecule has 0 bridgehead atoms. The number of halogens is 2. The molecule has 1 atom stereocenters. The Bertz CT molecular complexity index is 304. The van der Waals surface area contributed by atoms with Crippen molar-refractivity contribution in [3.63, 3.8) is 0 Å². The van der Waals surface area contributed by atoms with Crippen LogP contribution in [0.5, 0.6) is 0 Å². The smallest absolute Gasteiger partial charge is 0.261 e. The van der Waals surface area contributed by atoms with Crippen LogP contribution in [0.25, 0.3) is 0 Å². The topological polar surface area (TPSA) is 39.1 Å². The lowest BCUT2D eigenvalue weighted by Gasteiger charge is -2.11. The SMILES string of the molecule is CC(NCCOCC(F)F)c1cnn(C)c1. The minimum absolute atomic E-state index is 0.142. The Hall–Kier alpha value is -1.01. The summed E-state index contributed by atoms with van der Waals surface area (Å²) in [5.74, 6) is 0. The van der Waals surface area contributed by atoms with Crippen molar-refractivity contribution < 1.29 is 13.5 Å². The van der Waals surface area contributed by atoms with Gasteiger partial charge in [0.25, 0.3) is 6.43 Å². The molecule has 0 saturated heterocycles. The van der Waals surface area contributed by atoms with Crippen molar-refractivity contribution in [2.24, 2.45) is 7.05 Å². The van der Waals surface area contributed by atoms with Gasteiger partial charge in [0, 0.05) is 31.4 Å². The Balaban J connectivity index is 2.13. The third-order valence-electron chi connectivity index (χ3n) is 2.17. The van der Waals surface area contributed by atoms with Crippen molar-refractivity contribution in [2.75, 3.05) is 19.8 Å². The summed E-state index contributed by atoms with van der Waals surface area (Å²) in [5, 5.41) is 7.21. The largest absolute Gasteiger partial charge is 0.374 e. The molecule has 0 aromatic carbocycles. The fourth-order valence-corrected chi connectivity index (χ4v) is 1.30. The first-order valence-corrected chi connectivity index (χ1v) is 5.17. The normalized spacial score (nSPS) is 13.3. The first kappa shape index (κ1) is 13.1. The highest BCUT2D eigenvalue weighted by Gasteiger charge is 2.06. The molecule has 1 heterocycles. The number of nitrogens with zero attached hydrogens (tertiary/aromatic N) is 2. The van der Waals surface area contributed by atoms with Gasteiger partial charge in [-0.15, -0.1) is 0 Å². The molecule has 1 unspecified atom stereocenters. The lowest BCUT2D eigenvalue weighted by atomic mass is 10.2. The maximum Gasteiger partial charge on any atom is 0.261 e. The molecule has 0 amide bonds. The molecule has 4 nitrogen and oxygen atoms in total. The number of ether oxygens (including phenoxy) is 1.